The predicted molar refractivity (Wildman–Crippen MR) is 72.5 cm³/mol. The maximum absolute atomic E-state index is 12.8. The van der Waals surface area contributed by atoms with E-state index < -0.39 is 32.7 Å². The molecule has 0 fully saturated rings. The van der Waals surface area contributed by atoms with Gasteiger partial charge in [-0.05, 0) is 25.0 Å². The Morgan fingerprint density at radius 3 is 2.38 bits per heavy atom. The Labute approximate surface area is 121 Å². The zero-order valence-corrected chi connectivity index (χ0v) is 12.4. The van der Waals surface area contributed by atoms with Gasteiger partial charge in [-0.3, -0.25) is 4.79 Å². The van der Waals surface area contributed by atoms with Crippen molar-refractivity contribution >= 4 is 15.7 Å². The second-order valence-electron chi connectivity index (χ2n) is 4.67. The Hall–Kier alpha value is -1.57. The summed E-state index contributed by atoms with van der Waals surface area (Å²) in [6.45, 7) is 1.17. The number of hydrogen-bond donors (Lipinski definition) is 1. The first-order chi connectivity index (χ1) is 9.53. The highest BCUT2D eigenvalue weighted by molar-refractivity contribution is 7.92. The maximum atomic E-state index is 12.8. The van der Waals surface area contributed by atoms with Gasteiger partial charge in [0.2, 0.25) is 5.91 Å². The Balaban J connectivity index is 2.68. The molecule has 118 valence electrons. The van der Waals surface area contributed by atoms with E-state index in [0.717, 1.165) is 12.3 Å². The van der Waals surface area contributed by atoms with Gasteiger partial charge in [0, 0.05) is 12.8 Å². The highest BCUT2D eigenvalue weighted by atomic mass is 32.2. The molecular weight excluding hydrogens is 307 g/mol. The van der Waals surface area contributed by atoms with Crippen LogP contribution in [0.15, 0.2) is 24.3 Å². The van der Waals surface area contributed by atoms with E-state index in [0.29, 0.717) is 0 Å². The van der Waals surface area contributed by atoms with Crippen LogP contribution in [0.4, 0.5) is 13.2 Å². The van der Waals surface area contributed by atoms with E-state index in [2.05, 4.69) is 5.32 Å². The predicted octanol–water partition coefficient (Wildman–Crippen LogP) is 1.80. The van der Waals surface area contributed by atoms with Crippen LogP contribution < -0.4 is 5.32 Å². The van der Waals surface area contributed by atoms with Gasteiger partial charge in [0.05, 0.1) is 5.56 Å². The molecule has 0 saturated heterocycles. The molecule has 1 rings (SSSR count). The summed E-state index contributed by atoms with van der Waals surface area (Å²) in [5.41, 5.74) is -0.701. The van der Waals surface area contributed by atoms with Crippen molar-refractivity contribution < 1.29 is 26.4 Å². The molecular formula is C13H16F3NO3S. The minimum atomic E-state index is -4.46. The van der Waals surface area contributed by atoms with Crippen molar-refractivity contribution in [2.24, 2.45) is 0 Å². The van der Waals surface area contributed by atoms with Crippen molar-refractivity contribution in [3.63, 3.8) is 0 Å². The third-order valence-corrected chi connectivity index (χ3v) is 4.53. The minimum absolute atomic E-state index is 0.0299. The number of halogens is 3. The van der Waals surface area contributed by atoms with Gasteiger partial charge in [0.1, 0.15) is 5.25 Å². The van der Waals surface area contributed by atoms with Crippen molar-refractivity contribution in [1.29, 1.82) is 0 Å². The van der Waals surface area contributed by atoms with Crippen LogP contribution in [0.1, 0.15) is 18.1 Å². The lowest BCUT2D eigenvalue weighted by Gasteiger charge is -2.14. The third-order valence-electron chi connectivity index (χ3n) is 3.03. The average molecular weight is 323 g/mol. The summed E-state index contributed by atoms with van der Waals surface area (Å²) in [5.74, 6) is -0.720. The molecule has 4 nitrogen and oxygen atoms in total. The molecule has 0 unspecified atom stereocenters. The van der Waals surface area contributed by atoms with Crippen LogP contribution in [0.5, 0.6) is 0 Å². The van der Waals surface area contributed by atoms with Crippen LogP contribution in [0.3, 0.4) is 0 Å². The summed E-state index contributed by atoms with van der Waals surface area (Å²) in [4.78, 5) is 11.5. The Kier molecular flexibility index (Phi) is 5.38. The van der Waals surface area contributed by atoms with E-state index >= 15 is 0 Å². The largest absolute Gasteiger partial charge is 0.416 e. The fraction of sp³-hybridized carbons (Fsp3) is 0.462. The fourth-order valence-corrected chi connectivity index (χ4v) is 2.15. The van der Waals surface area contributed by atoms with Gasteiger partial charge >= 0.3 is 6.18 Å². The second-order valence-corrected chi connectivity index (χ2v) is 7.03. The summed E-state index contributed by atoms with van der Waals surface area (Å²) < 4.78 is 60.6. The van der Waals surface area contributed by atoms with Gasteiger partial charge in [0.25, 0.3) is 0 Å². The Morgan fingerprint density at radius 2 is 1.86 bits per heavy atom. The van der Waals surface area contributed by atoms with Crippen molar-refractivity contribution in [3.05, 3.63) is 35.4 Å². The third kappa shape index (κ3) is 5.04. The monoisotopic (exact) mass is 323 g/mol. The lowest BCUT2D eigenvalue weighted by Crippen LogP contribution is -2.38. The molecule has 1 aromatic rings. The highest BCUT2D eigenvalue weighted by Gasteiger charge is 2.32. The highest BCUT2D eigenvalue weighted by Crippen LogP contribution is 2.31. The molecule has 0 spiro atoms. The molecule has 1 aromatic carbocycles. The first-order valence-electron chi connectivity index (χ1n) is 6.15. The number of alkyl halides is 3. The van der Waals surface area contributed by atoms with E-state index in [1.807, 2.05) is 0 Å². The molecule has 0 heterocycles. The molecule has 0 bridgehead atoms. The molecule has 0 radical (unpaired) electrons. The summed E-state index contributed by atoms with van der Waals surface area (Å²) in [7, 11) is -3.52. The molecule has 0 aliphatic heterocycles. The van der Waals surface area contributed by atoms with Gasteiger partial charge in [-0.25, -0.2) is 8.42 Å². The van der Waals surface area contributed by atoms with Gasteiger partial charge in [-0.1, -0.05) is 18.2 Å². The first-order valence-corrected chi connectivity index (χ1v) is 8.10. The number of nitrogens with one attached hydrogen (secondary N) is 1. The lowest BCUT2D eigenvalue weighted by molar-refractivity contribution is -0.138. The number of hydrogen-bond acceptors (Lipinski definition) is 3. The van der Waals surface area contributed by atoms with Crippen LogP contribution in [0, 0.1) is 0 Å². The number of benzene rings is 1. The van der Waals surface area contributed by atoms with Crippen molar-refractivity contribution in [3.8, 4) is 0 Å². The molecule has 8 heteroatoms. The number of amides is 1. The number of sulfone groups is 1. The van der Waals surface area contributed by atoms with Crippen molar-refractivity contribution in [2.75, 3.05) is 12.8 Å². The van der Waals surface area contributed by atoms with Gasteiger partial charge in [-0.15, -0.1) is 0 Å². The Morgan fingerprint density at radius 1 is 1.29 bits per heavy atom. The second kappa shape index (κ2) is 6.46. The van der Waals surface area contributed by atoms with E-state index in [1.165, 1.54) is 25.1 Å². The molecule has 1 amide bonds. The summed E-state index contributed by atoms with van der Waals surface area (Å²) in [6.07, 6.45) is -3.56. The number of carbonyl (C=O) groups is 1. The van der Waals surface area contributed by atoms with Crippen LogP contribution >= 0.6 is 0 Å². The average Bonchev–Trinajstić information content (AvgIpc) is 2.36. The maximum Gasteiger partial charge on any atom is 0.416 e. The molecule has 0 aliphatic rings. The fourth-order valence-electron chi connectivity index (χ4n) is 1.67. The van der Waals surface area contributed by atoms with Crippen molar-refractivity contribution in [2.45, 2.75) is 24.8 Å². The summed E-state index contributed by atoms with van der Waals surface area (Å²) in [6, 6.07) is 5.06. The van der Waals surface area contributed by atoms with Crippen LogP contribution in [0.25, 0.3) is 0 Å². The molecule has 0 aromatic heterocycles. The quantitative estimate of drug-likeness (QED) is 0.899. The zero-order chi connectivity index (χ0) is 16.3. The smallest absolute Gasteiger partial charge is 0.355 e. The molecule has 21 heavy (non-hydrogen) atoms. The standard InChI is InChI=1S/C13H16F3NO3S/c1-9(21(2,19)20)12(18)17-8-7-10-5-3-4-6-11(10)13(14,15)16/h3-6,9H,7-8H2,1-2H3,(H,17,18)/t9-/m1/s1. The van der Waals surface area contributed by atoms with E-state index in [4.69, 9.17) is 0 Å². The van der Waals surface area contributed by atoms with Crippen molar-refractivity contribution in [1.82, 2.24) is 5.32 Å². The number of rotatable bonds is 5. The minimum Gasteiger partial charge on any atom is -0.355 e. The van der Waals surface area contributed by atoms with E-state index in [-0.39, 0.29) is 18.5 Å². The zero-order valence-electron chi connectivity index (χ0n) is 11.6. The van der Waals surface area contributed by atoms with Crippen LogP contribution in [0.2, 0.25) is 0 Å². The molecule has 0 aliphatic carbocycles. The van der Waals surface area contributed by atoms with Gasteiger partial charge in [0.15, 0.2) is 9.84 Å². The van der Waals surface area contributed by atoms with Gasteiger partial charge < -0.3 is 5.32 Å². The SMILES string of the molecule is C[C@H](C(=O)NCCc1ccccc1C(F)(F)F)S(C)(=O)=O. The number of carbonyl (C=O) groups excluding carboxylic acids is 1. The van der Waals surface area contributed by atoms with Crippen LogP contribution in [-0.2, 0) is 27.2 Å². The topological polar surface area (TPSA) is 63.2 Å². The molecule has 0 saturated carbocycles. The summed E-state index contributed by atoms with van der Waals surface area (Å²) >= 11 is 0. The molecule has 1 atom stereocenters. The Bertz CT molecular complexity index is 611. The molecule has 1 N–H and O–H groups in total. The summed E-state index contributed by atoms with van der Waals surface area (Å²) in [5, 5.41) is 1.10. The first kappa shape index (κ1) is 17.5. The van der Waals surface area contributed by atoms with E-state index in [9.17, 15) is 26.4 Å². The normalized spacial score (nSPS) is 13.8. The van der Waals surface area contributed by atoms with Crippen LogP contribution in [-0.4, -0.2) is 32.4 Å². The van der Waals surface area contributed by atoms with Gasteiger partial charge in [-0.2, -0.15) is 13.2 Å². The van der Waals surface area contributed by atoms with E-state index in [1.54, 1.807) is 0 Å². The lowest BCUT2D eigenvalue weighted by atomic mass is 10.0.